The number of H-pyrrole nitrogens is 1. The predicted octanol–water partition coefficient (Wildman–Crippen LogP) is 6.08. The van der Waals surface area contributed by atoms with E-state index < -0.39 is 11.6 Å². The highest BCUT2D eigenvalue weighted by Crippen LogP contribution is 2.65. The van der Waals surface area contributed by atoms with Crippen LogP contribution >= 0.6 is 0 Å². The number of carbonyl (C=O) groups excluding carboxylic acids is 1. The maximum atomic E-state index is 13.9. The summed E-state index contributed by atoms with van der Waals surface area (Å²) in [4.78, 5) is 13.9. The van der Waals surface area contributed by atoms with Gasteiger partial charge in [-0.1, -0.05) is 12.1 Å². The second-order valence-electron chi connectivity index (χ2n) is 13.7. The summed E-state index contributed by atoms with van der Waals surface area (Å²) < 4.78 is 27.6. The molecular weight excluding hydrogens is 558 g/mol. The number of nitrogens with one attached hydrogen (secondary N) is 4. The van der Waals surface area contributed by atoms with Crippen LogP contribution in [0.25, 0.3) is 10.9 Å². The second kappa shape index (κ2) is 10.7. The molecule has 0 spiro atoms. The number of hydrogen-bond acceptors (Lipinski definition) is 5. The smallest absolute Gasteiger partial charge is 0.258 e. The van der Waals surface area contributed by atoms with Gasteiger partial charge in [-0.2, -0.15) is 5.10 Å². The highest BCUT2D eigenvalue weighted by Gasteiger charge is 2.61. The van der Waals surface area contributed by atoms with Crippen LogP contribution in [0.4, 0.5) is 20.3 Å². The monoisotopic (exact) mass is 596 g/mol. The van der Waals surface area contributed by atoms with Crippen molar-refractivity contribution in [2.75, 3.05) is 23.7 Å². The molecule has 44 heavy (non-hydrogen) atoms. The highest BCUT2D eigenvalue weighted by molar-refractivity contribution is 6.10. The summed E-state index contributed by atoms with van der Waals surface area (Å²) in [5.74, 6) is 1.35. The number of anilines is 2. The molecule has 5 aliphatic rings. The summed E-state index contributed by atoms with van der Waals surface area (Å²) in [5.41, 5.74) is 11.8. The van der Waals surface area contributed by atoms with Crippen LogP contribution in [0.15, 0.2) is 54.6 Å². The van der Waals surface area contributed by atoms with Crippen LogP contribution < -0.4 is 21.7 Å². The number of halogens is 2. The van der Waals surface area contributed by atoms with Gasteiger partial charge in [0.05, 0.1) is 11.1 Å². The first-order valence-electron chi connectivity index (χ1n) is 15.9. The molecule has 4 bridgehead atoms. The number of rotatable bonds is 7. The van der Waals surface area contributed by atoms with Gasteiger partial charge in [0.2, 0.25) is 0 Å². The van der Waals surface area contributed by atoms with E-state index in [9.17, 15) is 13.6 Å². The number of benzene rings is 3. The molecule has 1 aliphatic heterocycles. The van der Waals surface area contributed by atoms with Gasteiger partial charge in [-0.25, -0.2) is 8.78 Å². The van der Waals surface area contributed by atoms with Crippen LogP contribution in [0.5, 0.6) is 0 Å². The lowest BCUT2D eigenvalue weighted by Crippen LogP contribution is -2.41. The summed E-state index contributed by atoms with van der Waals surface area (Å²) in [6.07, 6.45) is 7.10. The van der Waals surface area contributed by atoms with Gasteiger partial charge < -0.3 is 21.7 Å². The lowest BCUT2D eigenvalue weighted by Gasteiger charge is -2.33. The molecule has 1 aromatic heterocycles. The maximum absolute atomic E-state index is 13.9. The Balaban J connectivity index is 1.08. The van der Waals surface area contributed by atoms with E-state index in [0.29, 0.717) is 41.1 Å². The average molecular weight is 597 g/mol. The molecule has 4 saturated carbocycles. The summed E-state index contributed by atoms with van der Waals surface area (Å²) in [6, 6.07) is 15.8. The van der Waals surface area contributed by atoms with E-state index in [4.69, 9.17) is 5.73 Å². The maximum Gasteiger partial charge on any atom is 0.258 e. The molecule has 5 fully saturated rings. The number of amides is 1. The van der Waals surface area contributed by atoms with E-state index in [-0.39, 0.29) is 17.5 Å². The largest absolute Gasteiger partial charge is 0.382 e. The fourth-order valence-electron chi connectivity index (χ4n) is 9.05. The molecule has 0 radical (unpaired) electrons. The van der Waals surface area contributed by atoms with Crippen molar-refractivity contribution >= 4 is 28.3 Å². The van der Waals surface area contributed by atoms with Crippen LogP contribution in [0, 0.1) is 29.4 Å². The van der Waals surface area contributed by atoms with E-state index in [0.717, 1.165) is 72.9 Å². The second-order valence-corrected chi connectivity index (χ2v) is 13.7. The van der Waals surface area contributed by atoms with Gasteiger partial charge in [-0.05, 0) is 135 Å². The van der Waals surface area contributed by atoms with Crippen molar-refractivity contribution in [3.05, 3.63) is 88.5 Å². The zero-order valence-electron chi connectivity index (χ0n) is 24.6. The molecule has 7 nitrogen and oxygen atoms in total. The van der Waals surface area contributed by atoms with Gasteiger partial charge in [-0.15, -0.1) is 0 Å². The van der Waals surface area contributed by atoms with Crippen LogP contribution in [0.2, 0.25) is 0 Å². The molecule has 4 aromatic rings. The van der Waals surface area contributed by atoms with E-state index >= 15 is 0 Å². The summed E-state index contributed by atoms with van der Waals surface area (Å²) in [6.45, 7) is 1.90. The zero-order valence-corrected chi connectivity index (χ0v) is 24.6. The number of hydrogen-bond donors (Lipinski definition) is 5. The average Bonchev–Trinajstić information content (AvgIpc) is 3.55. The fraction of sp³-hybridized carbons (Fsp3) is 0.429. The van der Waals surface area contributed by atoms with E-state index in [2.05, 4.69) is 38.3 Å². The Morgan fingerprint density at radius 2 is 1.80 bits per heavy atom. The normalized spacial score (nSPS) is 27.7. The van der Waals surface area contributed by atoms with Crippen molar-refractivity contribution in [1.29, 1.82) is 0 Å². The Morgan fingerprint density at radius 1 is 0.977 bits per heavy atom. The summed E-state index contributed by atoms with van der Waals surface area (Å²) in [5, 5.41) is 18.3. The van der Waals surface area contributed by atoms with Crippen molar-refractivity contribution in [3.63, 3.8) is 0 Å². The van der Waals surface area contributed by atoms with Crippen LogP contribution in [-0.4, -0.2) is 40.8 Å². The van der Waals surface area contributed by atoms with Crippen molar-refractivity contribution in [3.8, 4) is 0 Å². The minimum absolute atomic E-state index is 0.0281. The highest BCUT2D eigenvalue weighted by atomic mass is 19.1. The Hall–Kier alpha value is -3.82. The minimum Gasteiger partial charge on any atom is -0.382 e. The van der Waals surface area contributed by atoms with Crippen molar-refractivity contribution in [2.45, 2.75) is 62.4 Å². The van der Waals surface area contributed by atoms with E-state index in [1.165, 1.54) is 30.5 Å². The minimum atomic E-state index is -0.604. The Morgan fingerprint density at radius 3 is 2.59 bits per heavy atom. The third-order valence-corrected chi connectivity index (χ3v) is 10.8. The number of carbonyl (C=O) groups is 1. The van der Waals surface area contributed by atoms with Gasteiger partial charge in [0.15, 0.2) is 5.82 Å². The Labute approximate surface area is 255 Å². The summed E-state index contributed by atoms with van der Waals surface area (Å²) >= 11 is 0. The van der Waals surface area contributed by atoms with Gasteiger partial charge in [0.1, 0.15) is 11.6 Å². The molecule has 2 heterocycles. The first-order chi connectivity index (χ1) is 21.3. The van der Waals surface area contributed by atoms with E-state index in [1.807, 2.05) is 24.3 Å². The molecule has 4 aliphatic carbocycles. The zero-order chi connectivity index (χ0) is 30.0. The molecule has 1 saturated heterocycles. The summed E-state index contributed by atoms with van der Waals surface area (Å²) in [7, 11) is 0. The van der Waals surface area contributed by atoms with E-state index in [1.54, 1.807) is 0 Å². The fourth-order valence-corrected chi connectivity index (χ4v) is 9.05. The lowest BCUT2D eigenvalue weighted by molar-refractivity contribution is 0.102. The first-order valence-corrected chi connectivity index (χ1v) is 15.9. The quantitative estimate of drug-likeness (QED) is 0.178. The first kappa shape index (κ1) is 27.7. The number of fused-ring (bicyclic) bond motifs is 1. The molecule has 9 rings (SSSR count). The molecule has 9 heteroatoms. The third kappa shape index (κ3) is 4.96. The molecule has 5 atom stereocenters. The van der Waals surface area contributed by atoms with Crippen LogP contribution in [0.1, 0.15) is 71.5 Å². The molecule has 228 valence electrons. The lowest BCUT2D eigenvalue weighted by atomic mass is 9.72. The van der Waals surface area contributed by atoms with Gasteiger partial charge in [0.25, 0.3) is 5.91 Å². The number of aromatic nitrogens is 2. The van der Waals surface area contributed by atoms with Crippen molar-refractivity contribution in [1.82, 2.24) is 15.5 Å². The molecule has 5 unspecified atom stereocenters. The SMILES string of the molecule is NC12CC3CC(C1)C(c1ccc(C(=O)Nc4n[nH]c5ccc(Cc6cc(F)cc(F)c6)cc45)c(NC4CCNCC4)c1)C2C3. The number of aromatic amines is 1. The van der Waals surface area contributed by atoms with Crippen molar-refractivity contribution < 1.29 is 13.6 Å². The van der Waals surface area contributed by atoms with Gasteiger partial charge >= 0.3 is 0 Å². The van der Waals surface area contributed by atoms with Gasteiger partial charge in [-0.3, -0.25) is 9.89 Å². The number of nitrogens with two attached hydrogens (primary N) is 1. The predicted molar refractivity (Wildman–Crippen MR) is 168 cm³/mol. The number of piperidine rings is 1. The topological polar surface area (TPSA) is 108 Å². The Bertz CT molecular complexity index is 1730. The third-order valence-electron chi connectivity index (χ3n) is 10.8. The molecular formula is C35H38F2N6O. The van der Waals surface area contributed by atoms with Crippen molar-refractivity contribution in [2.24, 2.45) is 23.5 Å². The van der Waals surface area contributed by atoms with Crippen LogP contribution in [0.3, 0.4) is 0 Å². The van der Waals surface area contributed by atoms with Crippen LogP contribution in [-0.2, 0) is 6.42 Å². The Kier molecular flexibility index (Phi) is 6.72. The molecule has 1 amide bonds. The number of nitrogens with zero attached hydrogens (tertiary/aromatic N) is 1. The molecule has 6 N–H and O–H groups in total. The standard InChI is InChI=1S/C35H38F2N6O/c36-24-11-20(12-25(37)16-24)9-19-1-4-30-28(13-19)33(43-42-30)41-34(44)27-3-2-22(15-31(27)40-26-5-7-39-8-6-26)32-23-10-21-14-29(32)35(38,17-21)18-23/h1-4,11-13,15-16,21,23,26,29,32,39-40H,5-10,14,17-18,38H2,(H2,41,42,43,44). The van der Waals surface area contributed by atoms with Gasteiger partial charge in [0, 0.05) is 28.7 Å². The molecule has 3 aromatic carbocycles.